The number of rotatable bonds is 5. The fourth-order valence-corrected chi connectivity index (χ4v) is 6.53. The van der Waals surface area contributed by atoms with Crippen LogP contribution in [0.3, 0.4) is 0 Å². The average molecular weight is 811 g/mol. The van der Waals surface area contributed by atoms with Crippen LogP contribution in [0.5, 0.6) is 0 Å². The van der Waals surface area contributed by atoms with E-state index in [1.54, 1.807) is 13.8 Å². The van der Waals surface area contributed by atoms with Crippen molar-refractivity contribution in [3.05, 3.63) is 116 Å². The molecule has 3 aromatic carbocycles. The minimum absolute atomic E-state index is 0. The summed E-state index contributed by atoms with van der Waals surface area (Å²) in [4.78, 5) is 9.01. The van der Waals surface area contributed by atoms with Crippen molar-refractivity contribution >= 4 is 16.5 Å². The first kappa shape index (κ1) is 38.4. The number of hydrogen-bond donors (Lipinski definition) is 2. The molecule has 6 heteroatoms. The largest absolute Gasteiger partial charge is 3.00 e. The minimum Gasteiger partial charge on any atom is -0.505 e. The quantitative estimate of drug-likeness (QED) is 0.197. The zero-order chi connectivity index (χ0) is 33.5. The van der Waals surface area contributed by atoms with Gasteiger partial charge in [0.15, 0.2) is 0 Å². The number of benzene rings is 3. The normalized spacial score (nSPS) is 19.0. The molecule has 47 heavy (non-hydrogen) atoms. The van der Waals surface area contributed by atoms with Crippen LogP contribution in [0.15, 0.2) is 97.5 Å². The van der Waals surface area contributed by atoms with Gasteiger partial charge in [-0.05, 0) is 84.3 Å². The molecule has 1 fully saturated rings. The van der Waals surface area contributed by atoms with Gasteiger partial charge in [-0.25, -0.2) is 0 Å². The Kier molecular flexibility index (Phi) is 13.4. The SMILES string of the molecule is CC(O)CC(C)O.CC1(C)CC(N2C=CN(c3[c-]cccc3)[CH-]2)CC(C)(C)C1(C)C.[Ir+3].[c-]1ccccc1-c1nccc2ccccc12. The maximum Gasteiger partial charge on any atom is 3.00 e. The molecular weight excluding hydrogens is 759 g/mol. The summed E-state index contributed by atoms with van der Waals surface area (Å²) in [5.41, 5.74) is 4.09. The van der Waals surface area contributed by atoms with Gasteiger partial charge in [-0.1, -0.05) is 65.8 Å². The van der Waals surface area contributed by atoms with Crippen LogP contribution in [-0.2, 0) is 20.1 Å². The molecule has 2 N–H and O–H groups in total. The zero-order valence-corrected chi connectivity index (χ0v) is 31.6. The number of para-hydroxylation sites is 1. The Morgan fingerprint density at radius 1 is 0.809 bits per heavy atom. The zero-order valence-electron chi connectivity index (χ0n) is 29.2. The number of aromatic nitrogens is 1. The van der Waals surface area contributed by atoms with Gasteiger partial charge in [-0.3, -0.25) is 0 Å². The summed E-state index contributed by atoms with van der Waals surface area (Å²) < 4.78 is 0. The Hall–Kier alpha value is -3.02. The van der Waals surface area contributed by atoms with Crippen LogP contribution in [0.1, 0.15) is 74.7 Å². The molecule has 252 valence electrons. The molecule has 2 aliphatic rings. The first-order valence-corrected chi connectivity index (χ1v) is 16.4. The van der Waals surface area contributed by atoms with Crippen molar-refractivity contribution in [1.82, 2.24) is 9.88 Å². The van der Waals surface area contributed by atoms with E-state index < -0.39 is 0 Å². The maximum atomic E-state index is 8.56. The molecule has 0 radical (unpaired) electrons. The van der Waals surface area contributed by atoms with Crippen molar-refractivity contribution in [1.29, 1.82) is 0 Å². The number of aliphatic hydroxyl groups excluding tert-OH is 2. The van der Waals surface area contributed by atoms with Crippen molar-refractivity contribution < 1.29 is 30.3 Å². The Morgan fingerprint density at radius 2 is 1.40 bits per heavy atom. The second kappa shape index (κ2) is 16.4. The number of hydrogen-bond acceptors (Lipinski definition) is 5. The van der Waals surface area contributed by atoms with Crippen LogP contribution in [0, 0.1) is 35.0 Å². The van der Waals surface area contributed by atoms with Crippen LogP contribution < -0.4 is 4.90 Å². The Labute approximate surface area is 297 Å². The molecule has 1 saturated carbocycles. The molecule has 1 aromatic heterocycles. The summed E-state index contributed by atoms with van der Waals surface area (Å²) in [5.74, 6) is 0. The molecule has 2 atom stereocenters. The van der Waals surface area contributed by atoms with Crippen LogP contribution in [-0.4, -0.2) is 38.3 Å². The number of fused-ring (bicyclic) bond motifs is 1. The second-order valence-corrected chi connectivity index (χ2v) is 14.6. The predicted molar refractivity (Wildman–Crippen MR) is 191 cm³/mol. The standard InChI is InChI=1S/C21H30N2.C15H10N.C5H12O2.Ir/c1-19(2)14-18(15-20(3,4)21(19,5)6)23-13-12-22(16-23)17-10-8-7-9-11-17;1-2-7-13(8-3-1)15-14-9-5-4-6-12(14)10-11-16-15;1-4(6)3-5(2)7;/h7-10,12-13,16,18H,14-15H2,1-6H3;1-7,9-11H;4-7H,3H2,1-2H3;/q-2;-1;;+3. The molecule has 2 unspecified atom stereocenters. The molecule has 1 aliphatic heterocycles. The van der Waals surface area contributed by atoms with Gasteiger partial charge in [-0.2, -0.15) is 37.0 Å². The third kappa shape index (κ3) is 9.54. The molecule has 0 amide bonds. The van der Waals surface area contributed by atoms with Crippen molar-refractivity contribution in [2.24, 2.45) is 16.2 Å². The van der Waals surface area contributed by atoms with Crippen molar-refractivity contribution in [3.63, 3.8) is 0 Å². The van der Waals surface area contributed by atoms with Gasteiger partial charge in [0.25, 0.3) is 0 Å². The second-order valence-electron chi connectivity index (χ2n) is 14.6. The van der Waals surface area contributed by atoms with E-state index in [1.165, 1.54) is 23.6 Å². The van der Waals surface area contributed by atoms with E-state index in [4.69, 9.17) is 10.2 Å². The van der Waals surface area contributed by atoms with E-state index in [0.29, 0.717) is 28.7 Å². The van der Waals surface area contributed by atoms with Crippen molar-refractivity contribution in [2.75, 3.05) is 4.90 Å². The Balaban J connectivity index is 0.000000217. The molecule has 2 heterocycles. The topological polar surface area (TPSA) is 59.8 Å². The van der Waals surface area contributed by atoms with Crippen LogP contribution in [0.2, 0.25) is 0 Å². The third-order valence-electron chi connectivity index (χ3n) is 10.2. The average Bonchev–Trinajstić information content (AvgIpc) is 3.51. The Morgan fingerprint density at radius 3 is 1.96 bits per heavy atom. The van der Waals surface area contributed by atoms with Gasteiger partial charge in [-0.15, -0.1) is 41.6 Å². The monoisotopic (exact) mass is 811 g/mol. The third-order valence-corrected chi connectivity index (χ3v) is 10.2. The van der Waals surface area contributed by atoms with Gasteiger partial charge in [0, 0.05) is 12.2 Å². The molecule has 6 rings (SSSR count). The summed E-state index contributed by atoms with van der Waals surface area (Å²) in [6, 6.07) is 33.4. The fraction of sp³-hybridized carbons (Fsp3) is 0.415. The molecule has 0 saturated heterocycles. The van der Waals surface area contributed by atoms with Crippen LogP contribution in [0.4, 0.5) is 5.69 Å². The number of aliphatic hydroxyl groups is 2. The summed E-state index contributed by atoms with van der Waals surface area (Å²) in [7, 11) is 0. The molecule has 4 aromatic rings. The molecule has 5 nitrogen and oxygen atoms in total. The summed E-state index contributed by atoms with van der Waals surface area (Å²) >= 11 is 0. The Bertz CT molecular complexity index is 1520. The van der Waals surface area contributed by atoms with Gasteiger partial charge in [0.05, 0.1) is 12.2 Å². The van der Waals surface area contributed by atoms with E-state index in [-0.39, 0.29) is 32.3 Å². The van der Waals surface area contributed by atoms with Crippen molar-refractivity contribution in [3.8, 4) is 11.3 Å². The summed E-state index contributed by atoms with van der Waals surface area (Å²) in [6.45, 7) is 20.2. The van der Waals surface area contributed by atoms with E-state index in [9.17, 15) is 0 Å². The summed E-state index contributed by atoms with van der Waals surface area (Å²) in [5, 5.41) is 19.5. The molecular formula is C41H52IrN3O2. The number of pyridine rings is 1. The van der Waals surface area contributed by atoms with E-state index >= 15 is 0 Å². The minimum atomic E-state index is -0.375. The van der Waals surface area contributed by atoms with Gasteiger partial charge in [0.1, 0.15) is 0 Å². The predicted octanol–water partition coefficient (Wildman–Crippen LogP) is 9.28. The van der Waals surface area contributed by atoms with Gasteiger partial charge in [0.2, 0.25) is 0 Å². The molecule has 1 aliphatic carbocycles. The molecule has 0 spiro atoms. The van der Waals surface area contributed by atoms with Gasteiger partial charge < -0.3 is 25.0 Å². The van der Waals surface area contributed by atoms with Crippen LogP contribution in [0.25, 0.3) is 22.0 Å². The van der Waals surface area contributed by atoms with E-state index in [1.807, 2.05) is 60.8 Å². The smallest absolute Gasteiger partial charge is 0.505 e. The summed E-state index contributed by atoms with van der Waals surface area (Å²) in [6.07, 6.45) is 8.37. The van der Waals surface area contributed by atoms with Crippen LogP contribution >= 0.6 is 0 Å². The molecule has 0 bridgehead atoms. The first-order chi connectivity index (χ1) is 21.7. The van der Waals surface area contributed by atoms with E-state index in [0.717, 1.165) is 16.9 Å². The fourth-order valence-electron chi connectivity index (χ4n) is 6.53. The number of anilines is 1. The van der Waals surface area contributed by atoms with Gasteiger partial charge >= 0.3 is 20.1 Å². The van der Waals surface area contributed by atoms with E-state index in [2.05, 4.69) is 112 Å². The van der Waals surface area contributed by atoms with Crippen molar-refractivity contribution in [2.45, 2.75) is 92.9 Å². The number of nitrogens with zero attached hydrogens (tertiary/aromatic N) is 3. The maximum absolute atomic E-state index is 8.56. The first-order valence-electron chi connectivity index (χ1n) is 16.4.